The van der Waals surface area contributed by atoms with Gasteiger partial charge in [0.1, 0.15) is 0 Å². The van der Waals surface area contributed by atoms with Crippen LogP contribution in [-0.4, -0.2) is 9.78 Å². The van der Waals surface area contributed by atoms with Gasteiger partial charge >= 0.3 is 0 Å². The van der Waals surface area contributed by atoms with Gasteiger partial charge in [0.25, 0.3) is 5.56 Å². The van der Waals surface area contributed by atoms with Crippen molar-refractivity contribution < 1.29 is 0 Å². The molecule has 0 spiro atoms. The molecule has 0 saturated heterocycles. The smallest absolute Gasteiger partial charge is 0.293 e. The molecule has 25 heavy (non-hydrogen) atoms. The summed E-state index contributed by atoms with van der Waals surface area (Å²) in [6, 6.07) is 23.2. The van der Waals surface area contributed by atoms with E-state index in [-0.39, 0.29) is 5.56 Å². The average Bonchev–Trinajstić information content (AvgIpc) is 2.94. The molecule has 4 rings (SSSR count). The van der Waals surface area contributed by atoms with E-state index in [9.17, 15) is 4.79 Å². The van der Waals surface area contributed by atoms with Crippen molar-refractivity contribution in [3.63, 3.8) is 0 Å². The second-order valence-electron chi connectivity index (χ2n) is 5.76. The van der Waals surface area contributed by atoms with Crippen molar-refractivity contribution in [3.8, 4) is 5.69 Å². The molecule has 0 atom stereocenters. The number of azo groups is 1. The lowest BCUT2D eigenvalue weighted by Gasteiger charge is -1.99. The molecule has 0 saturated carbocycles. The van der Waals surface area contributed by atoms with E-state index in [1.54, 1.807) is 0 Å². The second kappa shape index (κ2) is 6.20. The van der Waals surface area contributed by atoms with Crippen molar-refractivity contribution in [2.75, 3.05) is 0 Å². The van der Waals surface area contributed by atoms with Crippen LogP contribution in [0.1, 0.15) is 5.69 Å². The van der Waals surface area contributed by atoms with Crippen LogP contribution in [0.25, 0.3) is 16.5 Å². The van der Waals surface area contributed by atoms with Crippen LogP contribution < -0.4 is 5.56 Å². The summed E-state index contributed by atoms with van der Waals surface area (Å²) in [6.45, 7) is 1.82. The van der Waals surface area contributed by atoms with Gasteiger partial charge in [-0.25, -0.2) is 4.68 Å². The van der Waals surface area contributed by atoms with Crippen LogP contribution in [0.4, 0.5) is 11.4 Å². The molecule has 122 valence electrons. The minimum absolute atomic E-state index is 0.215. The molecule has 0 radical (unpaired) electrons. The minimum Gasteiger partial charge on any atom is -0.293 e. The molecule has 1 aromatic heterocycles. The third-order valence-corrected chi connectivity index (χ3v) is 4.08. The van der Waals surface area contributed by atoms with Gasteiger partial charge in [0.2, 0.25) is 0 Å². The highest BCUT2D eigenvalue weighted by atomic mass is 16.1. The van der Waals surface area contributed by atoms with E-state index in [2.05, 4.69) is 15.3 Å². The summed E-state index contributed by atoms with van der Waals surface area (Å²) in [5, 5.41) is 13.7. The number of nitrogens with one attached hydrogen (secondary N) is 1. The van der Waals surface area contributed by atoms with E-state index in [4.69, 9.17) is 0 Å². The maximum atomic E-state index is 12.7. The largest absolute Gasteiger partial charge is 0.299 e. The zero-order valence-corrected chi connectivity index (χ0v) is 13.7. The fourth-order valence-corrected chi connectivity index (χ4v) is 2.81. The molecule has 0 aliphatic carbocycles. The fraction of sp³-hybridized carbons (Fsp3) is 0.0500. The lowest BCUT2D eigenvalue weighted by Crippen LogP contribution is -2.13. The van der Waals surface area contributed by atoms with E-state index < -0.39 is 0 Å². The van der Waals surface area contributed by atoms with E-state index in [1.807, 2.05) is 79.7 Å². The predicted molar refractivity (Wildman–Crippen MR) is 99.3 cm³/mol. The first-order valence-electron chi connectivity index (χ1n) is 8.00. The first-order chi connectivity index (χ1) is 12.2. The van der Waals surface area contributed by atoms with E-state index in [0.717, 1.165) is 22.1 Å². The molecule has 0 fully saturated rings. The second-order valence-corrected chi connectivity index (χ2v) is 5.76. The molecule has 4 aromatic rings. The van der Waals surface area contributed by atoms with E-state index in [1.165, 1.54) is 4.68 Å². The van der Waals surface area contributed by atoms with Crippen LogP contribution in [0, 0.1) is 6.92 Å². The number of aromatic nitrogens is 2. The minimum atomic E-state index is -0.215. The van der Waals surface area contributed by atoms with Crippen molar-refractivity contribution >= 4 is 22.1 Å². The standard InChI is InChI=1S/C20H16N4O/c1-14-19(20(25)24(23-14)16-10-3-2-4-11-16)22-21-18-13-7-9-15-8-5-6-12-17(15)18/h2-13,23H,1H3. The van der Waals surface area contributed by atoms with Gasteiger partial charge in [-0.3, -0.25) is 9.89 Å². The Hall–Kier alpha value is -3.47. The highest BCUT2D eigenvalue weighted by molar-refractivity contribution is 5.92. The number of para-hydroxylation sites is 1. The van der Waals surface area contributed by atoms with Crippen molar-refractivity contribution in [2.45, 2.75) is 6.92 Å². The number of hydrogen-bond acceptors (Lipinski definition) is 3. The predicted octanol–water partition coefficient (Wildman–Crippen LogP) is 5.04. The van der Waals surface area contributed by atoms with Crippen LogP contribution in [0.2, 0.25) is 0 Å². The molecule has 3 aromatic carbocycles. The Morgan fingerprint density at radius 3 is 2.40 bits per heavy atom. The molecule has 0 amide bonds. The van der Waals surface area contributed by atoms with Gasteiger partial charge < -0.3 is 0 Å². The number of hydrogen-bond donors (Lipinski definition) is 1. The Morgan fingerprint density at radius 2 is 1.56 bits per heavy atom. The van der Waals surface area contributed by atoms with Crippen molar-refractivity contribution in [3.05, 3.63) is 88.8 Å². The van der Waals surface area contributed by atoms with E-state index >= 15 is 0 Å². The zero-order valence-electron chi connectivity index (χ0n) is 13.7. The number of rotatable bonds is 3. The molecule has 0 bridgehead atoms. The molecule has 0 unspecified atom stereocenters. The molecular weight excluding hydrogens is 312 g/mol. The SMILES string of the molecule is Cc1[nH]n(-c2ccccc2)c(=O)c1N=Nc1cccc2ccccc12. The molecular formula is C20H16N4O. The third-order valence-electron chi connectivity index (χ3n) is 4.08. The highest BCUT2D eigenvalue weighted by Gasteiger charge is 2.12. The van der Waals surface area contributed by atoms with Gasteiger partial charge in [-0.2, -0.15) is 0 Å². The summed E-state index contributed by atoms with van der Waals surface area (Å²) in [7, 11) is 0. The van der Waals surface area contributed by atoms with Gasteiger partial charge in [0.05, 0.1) is 17.1 Å². The normalized spacial score (nSPS) is 11.4. The first-order valence-corrected chi connectivity index (χ1v) is 8.00. The highest BCUT2D eigenvalue weighted by Crippen LogP contribution is 2.27. The van der Waals surface area contributed by atoms with Crippen molar-refractivity contribution in [2.24, 2.45) is 10.2 Å². The number of aromatic amines is 1. The number of fused-ring (bicyclic) bond motifs is 1. The monoisotopic (exact) mass is 328 g/mol. The molecule has 5 nitrogen and oxygen atoms in total. The van der Waals surface area contributed by atoms with E-state index in [0.29, 0.717) is 11.4 Å². The molecule has 1 N–H and O–H groups in total. The fourth-order valence-electron chi connectivity index (χ4n) is 2.81. The Kier molecular flexibility index (Phi) is 3.74. The zero-order chi connectivity index (χ0) is 17.2. The van der Waals surface area contributed by atoms with Gasteiger partial charge in [0, 0.05) is 5.39 Å². The summed E-state index contributed by atoms with van der Waals surface area (Å²) < 4.78 is 1.48. The number of benzene rings is 3. The number of aryl methyl sites for hydroxylation is 1. The third kappa shape index (κ3) is 2.76. The maximum absolute atomic E-state index is 12.7. The summed E-state index contributed by atoms with van der Waals surface area (Å²) >= 11 is 0. The van der Waals surface area contributed by atoms with Crippen LogP contribution >= 0.6 is 0 Å². The van der Waals surface area contributed by atoms with Crippen molar-refractivity contribution in [1.29, 1.82) is 0 Å². The molecule has 0 aliphatic rings. The van der Waals surface area contributed by atoms with Gasteiger partial charge in [-0.15, -0.1) is 10.2 Å². The topological polar surface area (TPSA) is 62.5 Å². The Bertz CT molecular complexity index is 1120. The average molecular weight is 328 g/mol. The van der Waals surface area contributed by atoms with Crippen LogP contribution in [0.5, 0.6) is 0 Å². The van der Waals surface area contributed by atoms with Crippen molar-refractivity contribution in [1.82, 2.24) is 9.78 Å². The molecule has 1 heterocycles. The summed E-state index contributed by atoms with van der Waals surface area (Å²) in [4.78, 5) is 12.7. The molecule has 0 aliphatic heterocycles. The number of H-pyrrole nitrogens is 1. The Morgan fingerprint density at radius 1 is 0.840 bits per heavy atom. The quantitative estimate of drug-likeness (QED) is 0.526. The van der Waals surface area contributed by atoms with Crippen LogP contribution in [-0.2, 0) is 0 Å². The van der Waals surface area contributed by atoms with Crippen LogP contribution in [0.3, 0.4) is 0 Å². The van der Waals surface area contributed by atoms with Gasteiger partial charge in [0.15, 0.2) is 5.69 Å². The first kappa shape index (κ1) is 15.1. The summed E-state index contributed by atoms with van der Waals surface area (Å²) in [5.41, 5.74) is 2.29. The van der Waals surface area contributed by atoms with Gasteiger partial charge in [-0.05, 0) is 30.5 Å². The Balaban J connectivity index is 1.77. The summed E-state index contributed by atoms with van der Waals surface area (Å²) in [6.07, 6.45) is 0. The number of nitrogens with zero attached hydrogens (tertiary/aromatic N) is 3. The lowest BCUT2D eigenvalue weighted by atomic mass is 10.1. The van der Waals surface area contributed by atoms with Crippen LogP contribution in [0.15, 0.2) is 87.8 Å². The lowest BCUT2D eigenvalue weighted by molar-refractivity contribution is 0.835. The maximum Gasteiger partial charge on any atom is 0.299 e. The van der Waals surface area contributed by atoms with Gasteiger partial charge in [-0.1, -0.05) is 54.6 Å². The molecule has 5 heteroatoms. The Labute approximate surface area is 144 Å². The summed E-state index contributed by atoms with van der Waals surface area (Å²) in [5.74, 6) is 0.